The standard InChI is InChI=1S/C64H83Cl2N7O13Si/c1-42(74)69-52(59(78)72-33-17-23-54(72)60(79)82-34-35-87(7,8)9)39-68-55(75)31-27-47(36-44-24-28-48(29-25-44)83-41-46-26-30-49(65)50(66)37-46)70-57(76)51(38-43-18-12-10-13-19-43)71-58(77)56-53(73(64(5,6)85-56)62(81)86-63(2,3)4)22-16-32-67-61(80)84-40-45-20-14-11-15-21-45/h10-15,18-21,24-31,37,47,51-54,56H,16-17,22-23,32-36,38-41H2,1-9H3,(H,67,80)(H,68,75)(H,69,74)(H,70,76)(H,71,77)/b31-27+/t47-,51+,52+,53+,54+,56-/m1/s1. The number of rotatable bonds is 27. The van der Waals surface area contributed by atoms with E-state index in [0.717, 1.165) is 22.7 Å². The Balaban J connectivity index is 1.22. The number of carbonyl (C=O) groups excluding carboxylic acids is 8. The molecule has 6 rings (SSSR count). The summed E-state index contributed by atoms with van der Waals surface area (Å²) < 4.78 is 29.3. The lowest BCUT2D eigenvalue weighted by Gasteiger charge is -2.35. The first-order valence-electron chi connectivity index (χ1n) is 29.3. The molecule has 470 valence electrons. The fraction of sp³-hybridized carbons (Fsp3) is 0.469. The average molecular weight is 1260 g/mol. The van der Waals surface area contributed by atoms with Crippen LogP contribution in [0, 0.1) is 0 Å². The molecule has 0 aliphatic carbocycles. The van der Waals surface area contributed by atoms with Crippen molar-refractivity contribution in [3.8, 4) is 5.75 Å². The molecule has 7 amide bonds. The van der Waals surface area contributed by atoms with Crippen LogP contribution in [0.5, 0.6) is 5.75 Å². The van der Waals surface area contributed by atoms with Crippen LogP contribution in [-0.4, -0.2) is 139 Å². The second-order valence-corrected chi connectivity index (χ2v) is 30.7. The summed E-state index contributed by atoms with van der Waals surface area (Å²) in [6.45, 7) is 16.8. The summed E-state index contributed by atoms with van der Waals surface area (Å²) in [5.41, 5.74) is 0.743. The number of alkyl carbamates (subject to hydrolysis) is 1. The molecule has 87 heavy (non-hydrogen) atoms. The third-order valence-electron chi connectivity index (χ3n) is 14.2. The van der Waals surface area contributed by atoms with Crippen LogP contribution < -0.4 is 31.3 Å². The molecule has 6 atom stereocenters. The van der Waals surface area contributed by atoms with Gasteiger partial charge in [-0.15, -0.1) is 0 Å². The topological polar surface area (TPSA) is 249 Å². The van der Waals surface area contributed by atoms with Crippen LogP contribution in [0.2, 0.25) is 35.7 Å². The van der Waals surface area contributed by atoms with Gasteiger partial charge in [0.15, 0.2) is 6.10 Å². The number of amides is 7. The Morgan fingerprint density at radius 1 is 0.770 bits per heavy atom. The van der Waals surface area contributed by atoms with Gasteiger partial charge in [-0.1, -0.05) is 128 Å². The van der Waals surface area contributed by atoms with E-state index in [2.05, 4.69) is 46.2 Å². The van der Waals surface area contributed by atoms with Crippen molar-refractivity contribution in [3.05, 3.63) is 148 Å². The van der Waals surface area contributed by atoms with Crippen molar-refractivity contribution < 1.29 is 62.0 Å². The summed E-state index contributed by atoms with van der Waals surface area (Å²) in [6.07, 6.45) is 1.53. The maximum atomic E-state index is 14.9. The predicted molar refractivity (Wildman–Crippen MR) is 333 cm³/mol. The van der Waals surface area contributed by atoms with Crippen LogP contribution in [-0.2, 0) is 73.8 Å². The molecule has 0 unspecified atom stereocenters. The van der Waals surface area contributed by atoms with Crippen molar-refractivity contribution in [2.24, 2.45) is 0 Å². The summed E-state index contributed by atoms with van der Waals surface area (Å²) >= 11 is 12.3. The van der Waals surface area contributed by atoms with E-state index in [0.29, 0.717) is 34.2 Å². The Morgan fingerprint density at radius 2 is 1.43 bits per heavy atom. The van der Waals surface area contributed by atoms with Gasteiger partial charge in [0.1, 0.15) is 48.4 Å². The van der Waals surface area contributed by atoms with Gasteiger partial charge in [0.2, 0.25) is 23.6 Å². The van der Waals surface area contributed by atoms with Gasteiger partial charge in [0.25, 0.3) is 5.91 Å². The van der Waals surface area contributed by atoms with Crippen LogP contribution in [0.3, 0.4) is 0 Å². The number of halogens is 2. The maximum absolute atomic E-state index is 14.9. The first kappa shape index (κ1) is 68.6. The van der Waals surface area contributed by atoms with Crippen molar-refractivity contribution in [3.63, 3.8) is 0 Å². The van der Waals surface area contributed by atoms with Gasteiger partial charge in [-0.05, 0) is 119 Å². The lowest BCUT2D eigenvalue weighted by Crippen LogP contribution is -2.55. The molecule has 2 fully saturated rings. The van der Waals surface area contributed by atoms with Crippen LogP contribution in [0.25, 0.3) is 0 Å². The smallest absolute Gasteiger partial charge is 0.412 e. The van der Waals surface area contributed by atoms with Gasteiger partial charge < -0.3 is 55.2 Å². The summed E-state index contributed by atoms with van der Waals surface area (Å²) in [5.74, 6) is -3.05. The van der Waals surface area contributed by atoms with Gasteiger partial charge in [-0.3, -0.25) is 28.9 Å². The molecule has 0 aromatic heterocycles. The zero-order valence-electron chi connectivity index (χ0n) is 51.1. The number of hydrogen-bond donors (Lipinski definition) is 5. The monoisotopic (exact) mass is 1260 g/mol. The molecule has 20 nitrogen and oxygen atoms in total. The molecule has 2 aliphatic rings. The number of esters is 1. The van der Waals surface area contributed by atoms with Crippen LogP contribution >= 0.6 is 23.2 Å². The van der Waals surface area contributed by atoms with Crippen molar-refractivity contribution >= 4 is 79.0 Å². The highest BCUT2D eigenvalue weighted by atomic mass is 35.5. The second kappa shape index (κ2) is 32.0. The SMILES string of the molecule is CC(=O)N[C@@H](CNC(=O)/C=C/[C@H](Cc1ccc(OCc2ccc(Cl)c(Cl)c2)cc1)NC(=O)[C@H](Cc1ccccc1)NC(=O)[C@@H]1OC(C)(C)N(C(=O)OC(C)(C)C)[C@H]1CCCNC(=O)OCc1ccccc1)C(=O)N1CCC[C@H]1C(=O)OCC[Si](C)(C)C. The van der Waals surface area contributed by atoms with Crippen molar-refractivity contribution in [1.82, 2.24) is 36.4 Å². The first-order valence-corrected chi connectivity index (χ1v) is 33.8. The zero-order valence-corrected chi connectivity index (χ0v) is 53.6. The average Bonchev–Trinajstić information content (AvgIpc) is 1.65. The molecule has 0 bridgehead atoms. The fourth-order valence-electron chi connectivity index (χ4n) is 9.91. The Morgan fingerprint density at radius 3 is 2.07 bits per heavy atom. The lowest BCUT2D eigenvalue weighted by atomic mass is 10.0. The summed E-state index contributed by atoms with van der Waals surface area (Å²) in [5, 5.41) is 14.8. The highest BCUT2D eigenvalue weighted by molar-refractivity contribution is 6.76. The van der Waals surface area contributed by atoms with Gasteiger partial charge in [0.05, 0.1) is 28.7 Å². The highest BCUT2D eigenvalue weighted by Crippen LogP contribution is 2.36. The second-order valence-electron chi connectivity index (χ2n) is 24.3. The zero-order chi connectivity index (χ0) is 63.5. The van der Waals surface area contributed by atoms with E-state index in [1.807, 2.05) is 48.5 Å². The Kier molecular flexibility index (Phi) is 25.2. The van der Waals surface area contributed by atoms with E-state index >= 15 is 0 Å². The van der Waals surface area contributed by atoms with Crippen LogP contribution in [0.4, 0.5) is 9.59 Å². The molecule has 23 heteroatoms. The van der Waals surface area contributed by atoms with Gasteiger partial charge >= 0.3 is 18.2 Å². The number of ether oxygens (including phenoxy) is 5. The fourth-order valence-corrected chi connectivity index (χ4v) is 10.9. The predicted octanol–water partition coefficient (Wildman–Crippen LogP) is 8.82. The van der Waals surface area contributed by atoms with E-state index < -0.39 is 103 Å². The highest BCUT2D eigenvalue weighted by Gasteiger charge is 2.54. The minimum Gasteiger partial charge on any atom is -0.489 e. The van der Waals surface area contributed by atoms with Crippen molar-refractivity contribution in [2.75, 3.05) is 26.2 Å². The number of benzene rings is 4. The minimum absolute atomic E-state index is 0.0123. The molecule has 0 radical (unpaired) electrons. The Labute approximate surface area is 521 Å². The number of nitrogens with zero attached hydrogens (tertiary/aromatic N) is 2. The van der Waals surface area contributed by atoms with Crippen molar-refractivity contribution in [2.45, 2.75) is 167 Å². The molecular weight excluding hydrogens is 1170 g/mol. The molecule has 4 aromatic rings. The van der Waals surface area contributed by atoms with E-state index in [1.54, 1.807) is 89.2 Å². The molecule has 2 aliphatic heterocycles. The minimum atomic E-state index is -1.51. The molecule has 2 heterocycles. The molecule has 0 saturated carbocycles. The lowest BCUT2D eigenvalue weighted by molar-refractivity contribution is -0.153. The van der Waals surface area contributed by atoms with Crippen molar-refractivity contribution in [1.29, 1.82) is 0 Å². The maximum Gasteiger partial charge on any atom is 0.412 e. The molecule has 4 aromatic carbocycles. The number of likely N-dealkylation sites (tertiary alicyclic amines) is 1. The molecule has 5 N–H and O–H groups in total. The quantitative estimate of drug-likeness (QED) is 0.0123. The van der Waals surface area contributed by atoms with E-state index in [4.69, 9.17) is 46.9 Å². The molecular formula is C64H83Cl2N7O13Si. The Bertz CT molecular complexity index is 3030. The van der Waals surface area contributed by atoms with Gasteiger partial charge in [0, 0.05) is 47.1 Å². The van der Waals surface area contributed by atoms with E-state index in [-0.39, 0.29) is 65.1 Å². The number of hydrogen-bond acceptors (Lipinski definition) is 13. The first-order chi connectivity index (χ1) is 41.1. The van der Waals surface area contributed by atoms with E-state index in [9.17, 15) is 38.4 Å². The Hall–Kier alpha value is -7.46. The summed E-state index contributed by atoms with van der Waals surface area (Å²) in [6, 6.07) is 26.2. The molecule has 2 saturated heterocycles. The molecule has 0 spiro atoms. The van der Waals surface area contributed by atoms with Crippen LogP contribution in [0.15, 0.2) is 115 Å². The third-order valence-corrected chi connectivity index (χ3v) is 16.7. The van der Waals surface area contributed by atoms with E-state index in [1.165, 1.54) is 28.9 Å². The van der Waals surface area contributed by atoms with Crippen LogP contribution in [0.1, 0.15) is 89.5 Å². The normalized spacial score (nSPS) is 17.5. The summed E-state index contributed by atoms with van der Waals surface area (Å²) in [7, 11) is -1.51. The third kappa shape index (κ3) is 22.3. The largest absolute Gasteiger partial charge is 0.489 e. The number of carbonyl (C=O) groups is 8. The van der Waals surface area contributed by atoms with Gasteiger partial charge in [-0.2, -0.15) is 0 Å². The number of nitrogens with one attached hydrogen (secondary N) is 5. The van der Waals surface area contributed by atoms with Gasteiger partial charge in [-0.25, -0.2) is 14.4 Å². The summed E-state index contributed by atoms with van der Waals surface area (Å²) in [4.78, 5) is 113.